The van der Waals surface area contributed by atoms with Crippen LogP contribution in [0, 0.1) is 0 Å². The quantitative estimate of drug-likeness (QED) is 0.183. The van der Waals surface area contributed by atoms with Gasteiger partial charge in [-0.25, -0.2) is 19.6 Å². The highest BCUT2D eigenvalue weighted by molar-refractivity contribution is 14.1. The number of halogens is 3. The first kappa shape index (κ1) is 36.8. The smallest absolute Gasteiger partial charge is 0.339 e. The molecule has 3 rings (SSSR count). The third-order valence-corrected chi connectivity index (χ3v) is 6.13. The van der Waals surface area contributed by atoms with E-state index in [1.54, 1.807) is 6.07 Å². The number of hydrogen-bond donors (Lipinski definition) is 2. The summed E-state index contributed by atoms with van der Waals surface area (Å²) in [5, 5.41) is 11.7. The molecule has 3 heterocycles. The molecule has 0 aliphatic heterocycles. The van der Waals surface area contributed by atoms with Gasteiger partial charge in [-0.1, -0.05) is 22.6 Å². The topological polar surface area (TPSA) is 189 Å². The molecule has 17 heteroatoms. The molecule has 0 aliphatic rings. The molecule has 0 fully saturated rings. The number of rotatable bonds is 9. The lowest BCUT2D eigenvalue weighted by atomic mass is 10.2. The molecule has 0 spiro atoms. The molecular formula is C25H28Br2IN5O9. The van der Waals surface area contributed by atoms with Gasteiger partial charge < -0.3 is 19.9 Å². The van der Waals surface area contributed by atoms with Crippen LogP contribution in [0.25, 0.3) is 11.0 Å². The maximum Gasteiger partial charge on any atom is 0.339 e. The van der Waals surface area contributed by atoms with Crippen LogP contribution in [0.5, 0.6) is 0 Å². The summed E-state index contributed by atoms with van der Waals surface area (Å²) in [6, 6.07) is 2.94. The van der Waals surface area contributed by atoms with Crippen molar-refractivity contribution < 1.29 is 33.8 Å². The number of carboxylic acid groups (broad SMARTS) is 1. The molecule has 0 unspecified atom stereocenters. The number of pyridine rings is 2. The number of carbonyl (C=O) groups excluding carboxylic acids is 3. The Morgan fingerprint density at radius 2 is 1.52 bits per heavy atom. The number of alkyl halides is 1. The highest BCUT2D eigenvalue weighted by Gasteiger charge is 2.15. The van der Waals surface area contributed by atoms with Crippen molar-refractivity contribution in [3.05, 3.63) is 59.9 Å². The summed E-state index contributed by atoms with van der Waals surface area (Å²) in [4.78, 5) is 79.0. The number of hydrogen-bond acceptors (Lipinski definition) is 10. The average Bonchev–Trinajstić information content (AvgIpc) is 2.97. The Kier molecular flexibility index (Phi) is 16.1. The second-order valence-electron chi connectivity index (χ2n) is 7.98. The largest absolute Gasteiger partial charge is 0.478 e. The van der Waals surface area contributed by atoms with Crippen LogP contribution in [-0.2, 0) is 37.4 Å². The molecule has 3 aromatic heterocycles. The van der Waals surface area contributed by atoms with Gasteiger partial charge in [0.2, 0.25) is 5.91 Å². The number of nitrogens with zero attached hydrogens (tertiary/aromatic N) is 4. The standard InChI is InChI=1S/C12H12BrN3O4.C12H13BrN2O5.CH3I/c1-15-10-8(5-7(13)6-14-10)11(18)16(12(15)19)4-3-9(17)20-2;1-20-10(17)4-2-3-9(16)15-11-8(12(18)19)5-7(13)6-14-11;1-2/h5-6H,3-4H2,1-2H3;5-6H,2-4H2,1H3,(H,18,19)(H,14,15,16);1H3. The highest BCUT2D eigenvalue weighted by Crippen LogP contribution is 2.18. The van der Waals surface area contributed by atoms with Gasteiger partial charge in [-0.15, -0.1) is 0 Å². The number of carbonyl (C=O) groups is 4. The van der Waals surface area contributed by atoms with Gasteiger partial charge in [-0.05, 0) is 55.3 Å². The molecule has 0 aromatic carbocycles. The molecule has 0 saturated carbocycles. The summed E-state index contributed by atoms with van der Waals surface area (Å²) in [5.74, 6) is -2.50. The summed E-state index contributed by atoms with van der Waals surface area (Å²) in [6.45, 7) is -0.0271. The van der Waals surface area contributed by atoms with Crippen LogP contribution < -0.4 is 16.6 Å². The van der Waals surface area contributed by atoms with Crippen LogP contribution >= 0.6 is 54.5 Å². The first-order chi connectivity index (χ1) is 19.9. The summed E-state index contributed by atoms with van der Waals surface area (Å²) >= 11 is 8.49. The third kappa shape index (κ3) is 10.9. The van der Waals surface area contributed by atoms with Crippen LogP contribution in [0.15, 0.2) is 43.1 Å². The minimum absolute atomic E-state index is 0.0243. The minimum Gasteiger partial charge on any atom is -0.478 e. The molecule has 0 saturated heterocycles. The van der Waals surface area contributed by atoms with E-state index in [2.05, 4.69) is 79.2 Å². The van der Waals surface area contributed by atoms with E-state index >= 15 is 0 Å². The van der Waals surface area contributed by atoms with Crippen molar-refractivity contribution in [1.82, 2.24) is 19.1 Å². The van der Waals surface area contributed by atoms with Gasteiger partial charge >= 0.3 is 23.6 Å². The lowest BCUT2D eigenvalue weighted by Gasteiger charge is -2.09. The van der Waals surface area contributed by atoms with E-state index < -0.39 is 35.1 Å². The molecule has 0 aliphatic carbocycles. The zero-order valence-corrected chi connectivity index (χ0v) is 28.3. The van der Waals surface area contributed by atoms with Crippen LogP contribution in [0.2, 0.25) is 0 Å². The van der Waals surface area contributed by atoms with Gasteiger partial charge in [0.1, 0.15) is 17.0 Å². The molecule has 0 atom stereocenters. The Hall–Kier alpha value is -3.19. The second kappa shape index (κ2) is 18.4. The van der Waals surface area contributed by atoms with Crippen LogP contribution in [0.1, 0.15) is 36.0 Å². The van der Waals surface area contributed by atoms with E-state index in [4.69, 9.17) is 5.11 Å². The van der Waals surface area contributed by atoms with Crippen molar-refractivity contribution in [2.24, 2.45) is 7.05 Å². The number of aromatic nitrogens is 4. The van der Waals surface area contributed by atoms with Gasteiger partial charge in [0.25, 0.3) is 5.56 Å². The number of fused-ring (bicyclic) bond motifs is 1. The van der Waals surface area contributed by atoms with Gasteiger partial charge in [-0.3, -0.25) is 28.3 Å². The Labute approximate surface area is 270 Å². The number of ether oxygens (including phenoxy) is 2. The van der Waals surface area contributed by atoms with Crippen molar-refractivity contribution in [3.63, 3.8) is 0 Å². The van der Waals surface area contributed by atoms with E-state index in [1.165, 1.54) is 44.3 Å². The van der Waals surface area contributed by atoms with Crippen molar-refractivity contribution in [2.75, 3.05) is 24.5 Å². The number of methoxy groups -OCH3 is 2. The molecule has 228 valence electrons. The molecular weight excluding hydrogens is 801 g/mol. The SMILES string of the molecule is CI.COC(=O)CCCC(=O)Nc1ncc(Br)cc1C(=O)O.COC(=O)CCn1c(=O)c2cc(Br)cnc2n(C)c1=O. The zero-order valence-electron chi connectivity index (χ0n) is 23.0. The van der Waals surface area contributed by atoms with E-state index in [1.807, 2.05) is 4.93 Å². The number of amides is 1. The van der Waals surface area contributed by atoms with Crippen LogP contribution in [-0.4, -0.2) is 67.2 Å². The Morgan fingerprint density at radius 1 is 0.952 bits per heavy atom. The van der Waals surface area contributed by atoms with E-state index in [-0.39, 0.29) is 37.2 Å². The number of aromatic carboxylic acids is 1. The number of esters is 2. The molecule has 0 bridgehead atoms. The second-order valence-corrected chi connectivity index (χ2v) is 9.81. The molecule has 42 heavy (non-hydrogen) atoms. The Morgan fingerprint density at radius 3 is 2.12 bits per heavy atom. The Bertz CT molecular complexity index is 1560. The molecule has 0 radical (unpaired) electrons. The van der Waals surface area contributed by atoms with E-state index in [0.29, 0.717) is 26.4 Å². The zero-order chi connectivity index (χ0) is 32.0. The highest BCUT2D eigenvalue weighted by atomic mass is 127. The predicted octanol–water partition coefficient (Wildman–Crippen LogP) is 3.30. The van der Waals surface area contributed by atoms with Crippen molar-refractivity contribution >= 4 is 95.1 Å². The van der Waals surface area contributed by atoms with Crippen molar-refractivity contribution in [3.8, 4) is 0 Å². The maximum atomic E-state index is 12.3. The first-order valence-corrected chi connectivity index (χ1v) is 15.6. The summed E-state index contributed by atoms with van der Waals surface area (Å²) in [6.07, 6.45) is 3.38. The number of nitrogens with one attached hydrogen (secondary N) is 1. The first-order valence-electron chi connectivity index (χ1n) is 11.8. The predicted molar refractivity (Wildman–Crippen MR) is 169 cm³/mol. The number of anilines is 1. The summed E-state index contributed by atoms with van der Waals surface area (Å²) < 4.78 is 12.4. The normalized spacial score (nSPS) is 9.98. The van der Waals surface area contributed by atoms with Crippen molar-refractivity contribution in [2.45, 2.75) is 32.2 Å². The Balaban J connectivity index is 0.000000397. The van der Waals surface area contributed by atoms with Gasteiger partial charge in [0.15, 0.2) is 0 Å². The lowest BCUT2D eigenvalue weighted by molar-refractivity contribution is -0.141. The molecule has 2 N–H and O–H groups in total. The fraction of sp³-hybridized carbons (Fsp3) is 0.360. The minimum atomic E-state index is -1.19. The number of carboxylic acids is 1. The van der Waals surface area contributed by atoms with Gasteiger partial charge in [0, 0.05) is 47.8 Å². The summed E-state index contributed by atoms with van der Waals surface area (Å²) in [5.41, 5.74) is -0.791. The van der Waals surface area contributed by atoms with Crippen molar-refractivity contribution in [1.29, 1.82) is 0 Å². The average molecular weight is 829 g/mol. The summed E-state index contributed by atoms with van der Waals surface area (Å²) in [7, 11) is 4.05. The monoisotopic (exact) mass is 827 g/mol. The molecule has 3 aromatic rings. The lowest BCUT2D eigenvalue weighted by Crippen LogP contribution is -2.39. The van der Waals surface area contributed by atoms with Gasteiger partial charge in [-0.2, -0.15) is 0 Å². The fourth-order valence-electron chi connectivity index (χ4n) is 3.25. The third-order valence-electron chi connectivity index (χ3n) is 5.27. The molecule has 14 nitrogen and oxygen atoms in total. The van der Waals surface area contributed by atoms with Crippen LogP contribution in [0.3, 0.4) is 0 Å². The fourth-order valence-corrected chi connectivity index (χ4v) is 3.92. The maximum absolute atomic E-state index is 12.3. The molecule has 1 amide bonds. The van der Waals surface area contributed by atoms with Gasteiger partial charge in [0.05, 0.1) is 26.0 Å². The van der Waals surface area contributed by atoms with E-state index in [9.17, 15) is 28.8 Å². The number of aryl methyl sites for hydroxylation is 1. The van der Waals surface area contributed by atoms with E-state index in [0.717, 1.165) is 4.57 Å². The van der Waals surface area contributed by atoms with Crippen LogP contribution in [0.4, 0.5) is 5.82 Å².